The molecule has 138 valence electrons. The molecule has 0 spiro atoms. The molecule has 1 unspecified atom stereocenters. The summed E-state index contributed by atoms with van der Waals surface area (Å²) in [6.07, 6.45) is 0. The normalized spacial score (nSPS) is 19.4. The maximum absolute atomic E-state index is 13.4. The molecule has 1 atom stereocenters. The van der Waals surface area contributed by atoms with Crippen LogP contribution in [-0.4, -0.2) is 49.2 Å². The van der Waals surface area contributed by atoms with Gasteiger partial charge in [0.1, 0.15) is 0 Å². The van der Waals surface area contributed by atoms with Crippen molar-refractivity contribution in [1.29, 1.82) is 0 Å². The van der Waals surface area contributed by atoms with E-state index in [2.05, 4.69) is 4.90 Å². The van der Waals surface area contributed by atoms with Crippen LogP contribution in [0.15, 0.2) is 53.4 Å². The van der Waals surface area contributed by atoms with Crippen molar-refractivity contribution in [2.45, 2.75) is 17.9 Å². The Hall–Kier alpha value is -2.29. The molecule has 1 saturated heterocycles. The average Bonchev–Trinajstić information content (AvgIpc) is 2.62. The summed E-state index contributed by atoms with van der Waals surface area (Å²) >= 11 is 0. The van der Waals surface area contributed by atoms with Crippen LogP contribution in [0.1, 0.15) is 17.2 Å². The van der Waals surface area contributed by atoms with Gasteiger partial charge in [-0.1, -0.05) is 36.4 Å². The highest BCUT2D eigenvalue weighted by Gasteiger charge is 2.37. The first-order chi connectivity index (χ1) is 12.3. The number of piperazine rings is 1. The van der Waals surface area contributed by atoms with Crippen molar-refractivity contribution in [2.24, 2.45) is 0 Å². The van der Waals surface area contributed by atoms with Gasteiger partial charge in [0.15, 0.2) is 0 Å². The SMILES string of the molecule is Cc1ccc([N+](=O)[O-])cc1S(=O)(=O)N1CCN(C)CC1c1ccccc1. The van der Waals surface area contributed by atoms with Crippen LogP contribution in [0.3, 0.4) is 0 Å². The molecule has 1 aliphatic heterocycles. The molecule has 7 nitrogen and oxygen atoms in total. The Balaban J connectivity index is 2.07. The number of hydrogen-bond donors (Lipinski definition) is 0. The first-order valence-electron chi connectivity index (χ1n) is 8.31. The lowest BCUT2D eigenvalue weighted by Crippen LogP contribution is -2.49. The molecule has 0 aliphatic carbocycles. The number of aryl methyl sites for hydroxylation is 1. The first-order valence-corrected chi connectivity index (χ1v) is 9.75. The third-order valence-electron chi connectivity index (χ3n) is 4.69. The molecule has 2 aromatic carbocycles. The van der Waals surface area contributed by atoms with Crippen LogP contribution < -0.4 is 0 Å². The average molecular weight is 375 g/mol. The molecule has 0 amide bonds. The van der Waals surface area contributed by atoms with Crippen molar-refractivity contribution in [1.82, 2.24) is 9.21 Å². The third kappa shape index (κ3) is 3.48. The highest BCUT2D eigenvalue weighted by molar-refractivity contribution is 7.89. The molecular weight excluding hydrogens is 354 g/mol. The summed E-state index contributed by atoms with van der Waals surface area (Å²) in [6, 6.07) is 13.1. The van der Waals surface area contributed by atoms with Gasteiger partial charge in [-0.05, 0) is 25.1 Å². The van der Waals surface area contributed by atoms with E-state index in [1.807, 2.05) is 37.4 Å². The van der Waals surface area contributed by atoms with Crippen LogP contribution in [0.25, 0.3) is 0 Å². The van der Waals surface area contributed by atoms with E-state index in [-0.39, 0.29) is 16.6 Å². The zero-order valence-electron chi connectivity index (χ0n) is 14.7. The quantitative estimate of drug-likeness (QED) is 0.606. The van der Waals surface area contributed by atoms with Gasteiger partial charge in [0.25, 0.3) is 5.69 Å². The van der Waals surface area contributed by atoms with Gasteiger partial charge in [-0.3, -0.25) is 10.1 Å². The van der Waals surface area contributed by atoms with E-state index < -0.39 is 14.9 Å². The van der Waals surface area contributed by atoms with Crippen molar-refractivity contribution in [3.05, 3.63) is 69.8 Å². The van der Waals surface area contributed by atoms with Crippen molar-refractivity contribution in [3.63, 3.8) is 0 Å². The highest BCUT2D eigenvalue weighted by Crippen LogP contribution is 2.33. The number of rotatable bonds is 4. The van der Waals surface area contributed by atoms with Gasteiger partial charge in [-0.2, -0.15) is 4.31 Å². The summed E-state index contributed by atoms with van der Waals surface area (Å²) in [6.45, 7) is 3.17. The fourth-order valence-electron chi connectivity index (χ4n) is 3.24. The number of nitro benzene ring substituents is 1. The zero-order valence-corrected chi connectivity index (χ0v) is 15.5. The molecule has 2 aromatic rings. The van der Waals surface area contributed by atoms with E-state index in [4.69, 9.17) is 0 Å². The second-order valence-corrected chi connectivity index (χ2v) is 8.37. The number of non-ortho nitro benzene ring substituents is 1. The van der Waals surface area contributed by atoms with Crippen LogP contribution in [0, 0.1) is 17.0 Å². The second-order valence-electron chi connectivity index (χ2n) is 6.51. The van der Waals surface area contributed by atoms with Crippen LogP contribution >= 0.6 is 0 Å². The van der Waals surface area contributed by atoms with Gasteiger partial charge in [-0.25, -0.2) is 8.42 Å². The number of sulfonamides is 1. The van der Waals surface area contributed by atoms with Crippen LogP contribution in [0.4, 0.5) is 5.69 Å². The lowest BCUT2D eigenvalue weighted by molar-refractivity contribution is -0.385. The van der Waals surface area contributed by atoms with Crippen molar-refractivity contribution >= 4 is 15.7 Å². The van der Waals surface area contributed by atoms with Crippen LogP contribution in [0.5, 0.6) is 0 Å². The van der Waals surface area contributed by atoms with E-state index in [9.17, 15) is 18.5 Å². The summed E-state index contributed by atoms with van der Waals surface area (Å²) in [7, 11) is -1.91. The van der Waals surface area contributed by atoms with Crippen molar-refractivity contribution < 1.29 is 13.3 Å². The van der Waals surface area contributed by atoms with E-state index in [0.717, 1.165) is 11.6 Å². The Morgan fingerprint density at radius 1 is 1.12 bits per heavy atom. The molecule has 26 heavy (non-hydrogen) atoms. The van der Waals surface area contributed by atoms with E-state index in [0.29, 0.717) is 25.2 Å². The second kappa shape index (κ2) is 7.14. The minimum absolute atomic E-state index is 0.00261. The lowest BCUT2D eigenvalue weighted by atomic mass is 10.1. The number of nitrogens with zero attached hydrogens (tertiary/aromatic N) is 3. The Labute approximate surface area is 153 Å². The van der Waals surface area contributed by atoms with Crippen LogP contribution in [0.2, 0.25) is 0 Å². The fourth-order valence-corrected chi connectivity index (χ4v) is 5.09. The van der Waals surface area contributed by atoms with Crippen molar-refractivity contribution in [2.75, 3.05) is 26.7 Å². The van der Waals surface area contributed by atoms with Crippen LogP contribution in [-0.2, 0) is 10.0 Å². The zero-order chi connectivity index (χ0) is 18.9. The molecule has 0 saturated carbocycles. The molecule has 0 radical (unpaired) electrons. The predicted octanol–water partition coefficient (Wildman–Crippen LogP) is 2.58. The smallest absolute Gasteiger partial charge is 0.270 e. The Bertz CT molecular complexity index is 915. The molecule has 0 bridgehead atoms. The van der Waals surface area contributed by atoms with Gasteiger partial charge < -0.3 is 4.90 Å². The highest BCUT2D eigenvalue weighted by atomic mass is 32.2. The minimum atomic E-state index is -3.87. The summed E-state index contributed by atoms with van der Waals surface area (Å²) in [5.41, 5.74) is 1.19. The Morgan fingerprint density at radius 3 is 2.46 bits per heavy atom. The predicted molar refractivity (Wildman–Crippen MR) is 98.4 cm³/mol. The molecule has 1 aliphatic rings. The maximum atomic E-state index is 13.4. The largest absolute Gasteiger partial charge is 0.303 e. The summed E-state index contributed by atoms with van der Waals surface area (Å²) in [5.74, 6) is 0. The van der Waals surface area contributed by atoms with E-state index >= 15 is 0 Å². The number of nitro groups is 1. The lowest BCUT2D eigenvalue weighted by Gasteiger charge is -2.39. The third-order valence-corrected chi connectivity index (χ3v) is 6.74. The molecule has 1 heterocycles. The Kier molecular flexibility index (Phi) is 5.08. The van der Waals surface area contributed by atoms with Crippen molar-refractivity contribution in [3.8, 4) is 0 Å². The Morgan fingerprint density at radius 2 is 1.81 bits per heavy atom. The van der Waals surface area contributed by atoms with Gasteiger partial charge in [-0.15, -0.1) is 0 Å². The molecule has 8 heteroatoms. The standard InChI is InChI=1S/C18H21N3O4S/c1-14-8-9-16(21(22)23)12-18(14)26(24,25)20-11-10-19(2)13-17(20)15-6-4-3-5-7-15/h3-9,12,17H,10-11,13H2,1-2H3. The molecule has 0 aromatic heterocycles. The molecular formula is C18H21N3O4S. The fraction of sp³-hybridized carbons (Fsp3) is 0.333. The summed E-state index contributed by atoms with van der Waals surface area (Å²) in [4.78, 5) is 12.6. The minimum Gasteiger partial charge on any atom is -0.303 e. The van der Waals surface area contributed by atoms with Gasteiger partial charge >= 0.3 is 0 Å². The maximum Gasteiger partial charge on any atom is 0.270 e. The van der Waals surface area contributed by atoms with Gasteiger partial charge in [0.2, 0.25) is 10.0 Å². The number of likely N-dealkylation sites (N-methyl/N-ethyl adjacent to an activating group) is 1. The molecule has 1 fully saturated rings. The topological polar surface area (TPSA) is 83.8 Å². The first kappa shape index (κ1) is 18.5. The van der Waals surface area contributed by atoms with Gasteiger partial charge in [0.05, 0.1) is 15.9 Å². The van der Waals surface area contributed by atoms with E-state index in [1.165, 1.54) is 16.4 Å². The molecule has 3 rings (SSSR count). The summed E-state index contributed by atoms with van der Waals surface area (Å²) in [5, 5.41) is 11.1. The monoisotopic (exact) mass is 375 g/mol. The van der Waals surface area contributed by atoms with Gasteiger partial charge in [0, 0.05) is 31.8 Å². The molecule has 0 N–H and O–H groups in total. The van der Waals surface area contributed by atoms with E-state index in [1.54, 1.807) is 6.92 Å². The number of hydrogen-bond acceptors (Lipinski definition) is 5. The number of benzene rings is 2. The summed E-state index contributed by atoms with van der Waals surface area (Å²) < 4.78 is 28.2.